The zero-order valence-corrected chi connectivity index (χ0v) is 15.6. The number of hydrogen-bond acceptors (Lipinski definition) is 5. The van der Waals surface area contributed by atoms with Crippen LogP contribution in [0, 0.1) is 6.92 Å². The smallest absolute Gasteiger partial charge is 0.270 e. The summed E-state index contributed by atoms with van der Waals surface area (Å²) in [4.78, 5) is 21.3. The quantitative estimate of drug-likeness (QED) is 0.692. The maximum Gasteiger partial charge on any atom is 0.270 e. The number of methoxy groups -OCH3 is 1. The summed E-state index contributed by atoms with van der Waals surface area (Å²) in [6.07, 6.45) is 0. The monoisotopic (exact) mass is 362 g/mol. The Hall–Kier alpha value is -3.41. The maximum absolute atomic E-state index is 12.6. The number of benzene rings is 2. The number of aromatic nitrogens is 2. The Kier molecular flexibility index (Phi) is 5.66. The molecule has 1 atom stereocenters. The van der Waals surface area contributed by atoms with Gasteiger partial charge in [0.25, 0.3) is 5.91 Å². The topological polar surface area (TPSA) is 76.1 Å². The van der Waals surface area contributed by atoms with Crippen molar-refractivity contribution in [3.8, 4) is 5.75 Å². The van der Waals surface area contributed by atoms with Crippen molar-refractivity contribution in [2.45, 2.75) is 19.9 Å². The van der Waals surface area contributed by atoms with E-state index in [4.69, 9.17) is 4.74 Å². The normalized spacial score (nSPS) is 11.5. The molecule has 3 rings (SSSR count). The molecule has 0 saturated heterocycles. The molecule has 0 aliphatic rings. The van der Waals surface area contributed by atoms with Gasteiger partial charge in [-0.2, -0.15) is 0 Å². The van der Waals surface area contributed by atoms with Crippen molar-refractivity contribution in [3.05, 3.63) is 77.6 Å². The number of amides is 1. The summed E-state index contributed by atoms with van der Waals surface area (Å²) in [5.74, 6) is 0.896. The first-order valence-electron chi connectivity index (χ1n) is 8.68. The average molecular weight is 362 g/mol. The molecule has 27 heavy (non-hydrogen) atoms. The second-order valence-corrected chi connectivity index (χ2v) is 6.18. The maximum atomic E-state index is 12.6. The highest BCUT2D eigenvalue weighted by atomic mass is 16.5. The highest BCUT2D eigenvalue weighted by Crippen LogP contribution is 2.19. The Bertz CT molecular complexity index is 911. The fourth-order valence-electron chi connectivity index (χ4n) is 2.64. The van der Waals surface area contributed by atoms with E-state index in [0.29, 0.717) is 17.3 Å². The van der Waals surface area contributed by atoms with Gasteiger partial charge >= 0.3 is 0 Å². The molecule has 0 aliphatic heterocycles. The summed E-state index contributed by atoms with van der Waals surface area (Å²) in [6.45, 7) is 3.77. The van der Waals surface area contributed by atoms with Crippen LogP contribution >= 0.6 is 0 Å². The minimum atomic E-state index is -0.241. The third kappa shape index (κ3) is 4.82. The predicted molar refractivity (Wildman–Crippen MR) is 105 cm³/mol. The van der Waals surface area contributed by atoms with E-state index in [1.54, 1.807) is 13.2 Å². The van der Waals surface area contributed by atoms with Crippen LogP contribution in [0.15, 0.2) is 60.7 Å². The lowest BCUT2D eigenvalue weighted by Crippen LogP contribution is -2.27. The number of carbonyl (C=O) groups excluding carboxylic acids is 1. The standard InChI is InChI=1S/C21H22N4O2/c1-14-13-19(20(26)23-15(2)16-7-5-4-6-8-16)25-21(22-14)24-17-9-11-18(27-3)12-10-17/h4-13,15H,1-3H3,(H,23,26)(H,22,24,25). The van der Waals surface area contributed by atoms with Gasteiger partial charge in [-0.3, -0.25) is 4.79 Å². The van der Waals surface area contributed by atoms with Crippen molar-refractivity contribution < 1.29 is 9.53 Å². The molecule has 1 unspecified atom stereocenters. The summed E-state index contributed by atoms with van der Waals surface area (Å²) in [6, 6.07) is 18.8. The molecule has 6 nitrogen and oxygen atoms in total. The number of carbonyl (C=O) groups is 1. The highest BCUT2D eigenvalue weighted by Gasteiger charge is 2.14. The fraction of sp³-hybridized carbons (Fsp3) is 0.190. The summed E-state index contributed by atoms with van der Waals surface area (Å²) in [5, 5.41) is 6.09. The fourth-order valence-corrected chi connectivity index (χ4v) is 2.64. The van der Waals surface area contributed by atoms with Gasteiger partial charge in [-0.05, 0) is 49.7 Å². The third-order valence-electron chi connectivity index (χ3n) is 4.08. The summed E-state index contributed by atoms with van der Waals surface area (Å²) >= 11 is 0. The van der Waals surface area contributed by atoms with Crippen LogP contribution in [0.5, 0.6) is 5.75 Å². The number of anilines is 2. The Labute approximate surface area is 158 Å². The van der Waals surface area contributed by atoms with Crippen molar-refractivity contribution in [1.82, 2.24) is 15.3 Å². The van der Waals surface area contributed by atoms with E-state index in [9.17, 15) is 4.79 Å². The third-order valence-corrected chi connectivity index (χ3v) is 4.08. The van der Waals surface area contributed by atoms with E-state index in [2.05, 4.69) is 20.6 Å². The molecular formula is C21H22N4O2. The average Bonchev–Trinajstić information content (AvgIpc) is 2.68. The first-order chi connectivity index (χ1) is 13.0. The minimum Gasteiger partial charge on any atom is -0.497 e. The SMILES string of the molecule is COc1ccc(Nc2nc(C)cc(C(=O)NC(C)c3ccccc3)n2)cc1. The molecule has 1 aromatic heterocycles. The van der Waals surface area contributed by atoms with Crippen LogP contribution in [0.4, 0.5) is 11.6 Å². The lowest BCUT2D eigenvalue weighted by molar-refractivity contribution is 0.0934. The number of aryl methyl sites for hydroxylation is 1. The Morgan fingerprint density at radius 3 is 2.41 bits per heavy atom. The summed E-state index contributed by atoms with van der Waals surface area (Å²) in [5.41, 5.74) is 2.87. The molecule has 0 spiro atoms. The molecule has 2 aromatic carbocycles. The van der Waals surface area contributed by atoms with Crippen molar-refractivity contribution in [2.75, 3.05) is 12.4 Å². The Morgan fingerprint density at radius 2 is 1.74 bits per heavy atom. The van der Waals surface area contributed by atoms with Gasteiger partial charge < -0.3 is 15.4 Å². The van der Waals surface area contributed by atoms with Gasteiger partial charge in [0.05, 0.1) is 13.2 Å². The summed E-state index contributed by atoms with van der Waals surface area (Å²) in [7, 11) is 1.62. The van der Waals surface area contributed by atoms with Gasteiger partial charge in [0.2, 0.25) is 5.95 Å². The van der Waals surface area contributed by atoms with E-state index in [-0.39, 0.29) is 11.9 Å². The molecular weight excluding hydrogens is 340 g/mol. The first kappa shape index (κ1) is 18.4. The molecule has 0 radical (unpaired) electrons. The van der Waals surface area contributed by atoms with Crippen LogP contribution in [0.25, 0.3) is 0 Å². The molecule has 0 saturated carbocycles. The van der Waals surface area contributed by atoms with E-state index < -0.39 is 0 Å². The molecule has 138 valence electrons. The van der Waals surface area contributed by atoms with Gasteiger partial charge in [-0.25, -0.2) is 9.97 Å². The van der Waals surface area contributed by atoms with Gasteiger partial charge in [0, 0.05) is 11.4 Å². The molecule has 2 N–H and O–H groups in total. The number of hydrogen-bond donors (Lipinski definition) is 2. The van der Waals surface area contributed by atoms with Crippen LogP contribution in [-0.2, 0) is 0 Å². The highest BCUT2D eigenvalue weighted by molar-refractivity contribution is 5.93. The minimum absolute atomic E-state index is 0.119. The van der Waals surface area contributed by atoms with Crippen LogP contribution in [0.1, 0.15) is 34.7 Å². The van der Waals surface area contributed by atoms with Crippen LogP contribution in [-0.4, -0.2) is 23.0 Å². The lowest BCUT2D eigenvalue weighted by atomic mass is 10.1. The van der Waals surface area contributed by atoms with Gasteiger partial charge in [0.1, 0.15) is 11.4 Å². The Morgan fingerprint density at radius 1 is 1.04 bits per heavy atom. The molecule has 6 heteroatoms. The number of nitrogens with one attached hydrogen (secondary N) is 2. The summed E-state index contributed by atoms with van der Waals surface area (Å²) < 4.78 is 5.15. The zero-order valence-electron chi connectivity index (χ0n) is 15.6. The van der Waals surface area contributed by atoms with Gasteiger partial charge in [0.15, 0.2) is 0 Å². The molecule has 3 aromatic rings. The molecule has 0 fully saturated rings. The second kappa shape index (κ2) is 8.31. The lowest BCUT2D eigenvalue weighted by Gasteiger charge is -2.14. The molecule has 0 aliphatic carbocycles. The van der Waals surface area contributed by atoms with Crippen molar-refractivity contribution in [3.63, 3.8) is 0 Å². The van der Waals surface area contributed by atoms with E-state index >= 15 is 0 Å². The van der Waals surface area contributed by atoms with Gasteiger partial charge in [-0.1, -0.05) is 30.3 Å². The zero-order chi connectivity index (χ0) is 19.2. The first-order valence-corrected chi connectivity index (χ1v) is 8.68. The van der Waals surface area contributed by atoms with Crippen LogP contribution in [0.2, 0.25) is 0 Å². The number of ether oxygens (including phenoxy) is 1. The second-order valence-electron chi connectivity index (χ2n) is 6.18. The number of nitrogens with zero attached hydrogens (tertiary/aromatic N) is 2. The van der Waals surface area contributed by atoms with Gasteiger partial charge in [-0.15, -0.1) is 0 Å². The predicted octanol–water partition coefficient (Wildman–Crippen LogP) is 4.03. The van der Waals surface area contributed by atoms with Crippen molar-refractivity contribution in [1.29, 1.82) is 0 Å². The van der Waals surface area contributed by atoms with Crippen molar-refractivity contribution in [2.24, 2.45) is 0 Å². The van der Waals surface area contributed by atoms with Crippen LogP contribution < -0.4 is 15.4 Å². The molecule has 1 heterocycles. The number of rotatable bonds is 6. The van der Waals surface area contributed by atoms with E-state index in [1.807, 2.05) is 68.4 Å². The van der Waals surface area contributed by atoms with E-state index in [0.717, 1.165) is 17.0 Å². The molecule has 0 bridgehead atoms. The Balaban J connectivity index is 1.74. The molecule has 1 amide bonds. The largest absolute Gasteiger partial charge is 0.497 e. The van der Waals surface area contributed by atoms with E-state index in [1.165, 1.54) is 0 Å². The van der Waals surface area contributed by atoms with Crippen LogP contribution in [0.3, 0.4) is 0 Å². The van der Waals surface area contributed by atoms with Crippen molar-refractivity contribution >= 4 is 17.5 Å².